The number of para-hydroxylation sites is 1. The molecule has 19 heavy (non-hydrogen) atoms. The minimum absolute atomic E-state index is 0.758. The highest BCUT2D eigenvalue weighted by molar-refractivity contribution is 5.79. The Morgan fingerprint density at radius 1 is 1.16 bits per heavy atom. The van der Waals surface area contributed by atoms with Crippen molar-refractivity contribution in [2.45, 2.75) is 26.2 Å². The molecule has 0 saturated heterocycles. The quantitative estimate of drug-likeness (QED) is 0.737. The van der Waals surface area contributed by atoms with Gasteiger partial charge in [0.2, 0.25) is 0 Å². The summed E-state index contributed by atoms with van der Waals surface area (Å²) < 4.78 is 5.73. The Morgan fingerprint density at radius 2 is 2.05 bits per heavy atom. The molecule has 0 radical (unpaired) electrons. The summed E-state index contributed by atoms with van der Waals surface area (Å²) in [7, 11) is 0. The van der Waals surface area contributed by atoms with Crippen LogP contribution in [0.25, 0.3) is 10.9 Å². The van der Waals surface area contributed by atoms with Crippen LogP contribution in [0.4, 0.5) is 0 Å². The molecule has 0 unspecified atom stereocenters. The van der Waals surface area contributed by atoms with Gasteiger partial charge < -0.3 is 10.1 Å². The second-order valence-corrected chi connectivity index (χ2v) is 4.67. The van der Waals surface area contributed by atoms with Gasteiger partial charge in [-0.05, 0) is 44.5 Å². The first-order chi connectivity index (χ1) is 9.40. The first kappa shape index (κ1) is 13.8. The summed E-state index contributed by atoms with van der Waals surface area (Å²) in [6.45, 7) is 5.12. The Bertz CT molecular complexity index is 499. The van der Waals surface area contributed by atoms with E-state index in [0.29, 0.717) is 0 Å². The lowest BCUT2D eigenvalue weighted by Crippen LogP contribution is -2.16. The topological polar surface area (TPSA) is 34.1 Å². The largest absolute Gasteiger partial charge is 0.492 e. The summed E-state index contributed by atoms with van der Waals surface area (Å²) in [6.07, 6.45) is 5.22. The van der Waals surface area contributed by atoms with Gasteiger partial charge in [-0.3, -0.25) is 4.98 Å². The third-order valence-electron chi connectivity index (χ3n) is 3.01. The van der Waals surface area contributed by atoms with Crippen LogP contribution in [-0.2, 0) is 0 Å². The molecule has 1 N–H and O–H groups in total. The summed E-state index contributed by atoms with van der Waals surface area (Å²) in [5.41, 5.74) is 1.01. The van der Waals surface area contributed by atoms with Crippen LogP contribution in [-0.4, -0.2) is 24.7 Å². The van der Waals surface area contributed by atoms with Crippen molar-refractivity contribution in [1.82, 2.24) is 10.3 Å². The molecule has 102 valence electrons. The lowest BCUT2D eigenvalue weighted by atomic mass is 10.2. The summed E-state index contributed by atoms with van der Waals surface area (Å²) in [5, 5.41) is 4.52. The minimum Gasteiger partial charge on any atom is -0.492 e. The van der Waals surface area contributed by atoms with Crippen LogP contribution < -0.4 is 10.1 Å². The average Bonchev–Trinajstić information content (AvgIpc) is 2.46. The van der Waals surface area contributed by atoms with Gasteiger partial charge in [-0.25, -0.2) is 0 Å². The van der Waals surface area contributed by atoms with Gasteiger partial charge in [-0.1, -0.05) is 25.1 Å². The first-order valence-electron chi connectivity index (χ1n) is 7.08. The highest BCUT2D eigenvalue weighted by atomic mass is 16.5. The van der Waals surface area contributed by atoms with Crippen molar-refractivity contribution in [2.24, 2.45) is 0 Å². The van der Waals surface area contributed by atoms with Gasteiger partial charge in [0.05, 0.1) is 18.3 Å². The van der Waals surface area contributed by atoms with E-state index in [4.69, 9.17) is 4.74 Å². The number of rotatable bonds is 8. The summed E-state index contributed by atoms with van der Waals surface area (Å²) in [5.74, 6) is 0.861. The molecule has 0 atom stereocenters. The molecule has 1 heterocycles. The van der Waals surface area contributed by atoms with Gasteiger partial charge in [0.1, 0.15) is 5.75 Å². The number of aromatic nitrogens is 1. The number of unbranched alkanes of at least 4 members (excludes halogenated alkanes) is 1. The second-order valence-electron chi connectivity index (χ2n) is 4.67. The predicted molar refractivity (Wildman–Crippen MR) is 79.6 cm³/mol. The number of hydrogen-bond acceptors (Lipinski definition) is 3. The molecule has 0 aliphatic heterocycles. The minimum atomic E-state index is 0.758. The fourth-order valence-corrected chi connectivity index (χ4v) is 1.97. The van der Waals surface area contributed by atoms with Gasteiger partial charge in [0, 0.05) is 5.39 Å². The van der Waals surface area contributed by atoms with Crippen LogP contribution in [0.1, 0.15) is 26.2 Å². The molecule has 0 aliphatic carbocycles. The fourth-order valence-electron chi connectivity index (χ4n) is 1.97. The normalized spacial score (nSPS) is 10.8. The van der Waals surface area contributed by atoms with Crippen LogP contribution in [0.5, 0.6) is 5.75 Å². The van der Waals surface area contributed by atoms with E-state index >= 15 is 0 Å². The van der Waals surface area contributed by atoms with Crippen LogP contribution >= 0.6 is 0 Å². The van der Waals surface area contributed by atoms with E-state index in [1.165, 1.54) is 6.42 Å². The van der Waals surface area contributed by atoms with Gasteiger partial charge in [-0.2, -0.15) is 0 Å². The van der Waals surface area contributed by atoms with E-state index in [9.17, 15) is 0 Å². The monoisotopic (exact) mass is 258 g/mol. The smallest absolute Gasteiger partial charge is 0.138 e. The number of nitrogens with one attached hydrogen (secondary N) is 1. The predicted octanol–water partition coefficient (Wildman–Crippen LogP) is 3.39. The van der Waals surface area contributed by atoms with Gasteiger partial charge >= 0.3 is 0 Å². The van der Waals surface area contributed by atoms with Gasteiger partial charge in [0.15, 0.2) is 0 Å². The van der Waals surface area contributed by atoms with Crippen LogP contribution in [0.3, 0.4) is 0 Å². The van der Waals surface area contributed by atoms with Gasteiger partial charge in [-0.15, -0.1) is 0 Å². The van der Waals surface area contributed by atoms with Crippen molar-refractivity contribution in [3.8, 4) is 5.75 Å². The highest BCUT2D eigenvalue weighted by Gasteiger charge is 1.98. The van der Waals surface area contributed by atoms with E-state index in [2.05, 4.69) is 29.4 Å². The summed E-state index contributed by atoms with van der Waals surface area (Å²) >= 11 is 0. The van der Waals surface area contributed by atoms with Gasteiger partial charge in [0.25, 0.3) is 0 Å². The Kier molecular flexibility index (Phi) is 5.63. The molecule has 3 nitrogen and oxygen atoms in total. The molecule has 3 heteroatoms. The molecule has 2 rings (SSSR count). The number of ether oxygens (including phenoxy) is 1. The lowest BCUT2D eigenvalue weighted by molar-refractivity contribution is 0.305. The number of pyridine rings is 1. The second kappa shape index (κ2) is 7.74. The number of hydrogen-bond donors (Lipinski definition) is 1. The highest BCUT2D eigenvalue weighted by Crippen LogP contribution is 2.17. The molecule has 0 spiro atoms. The Labute approximate surface area is 115 Å². The molecule has 1 aromatic carbocycles. The Balaban J connectivity index is 1.72. The first-order valence-corrected chi connectivity index (χ1v) is 7.08. The molecule has 1 aromatic heterocycles. The third-order valence-corrected chi connectivity index (χ3v) is 3.01. The van der Waals surface area contributed by atoms with E-state index in [1.807, 2.05) is 18.2 Å². The van der Waals surface area contributed by atoms with Crippen molar-refractivity contribution in [1.29, 1.82) is 0 Å². The lowest BCUT2D eigenvalue weighted by Gasteiger charge is -2.07. The molecule has 0 fully saturated rings. The molecular weight excluding hydrogens is 236 g/mol. The Hall–Kier alpha value is -1.61. The number of nitrogens with zero attached hydrogens (tertiary/aromatic N) is 1. The fraction of sp³-hybridized carbons (Fsp3) is 0.438. The van der Waals surface area contributed by atoms with E-state index in [1.54, 1.807) is 6.20 Å². The summed E-state index contributed by atoms with van der Waals surface area (Å²) in [4.78, 5) is 4.38. The molecular formula is C16H22N2O. The van der Waals surface area contributed by atoms with Crippen molar-refractivity contribution in [3.05, 3.63) is 36.5 Å². The maximum absolute atomic E-state index is 5.73. The van der Waals surface area contributed by atoms with Crippen LogP contribution in [0.2, 0.25) is 0 Å². The van der Waals surface area contributed by atoms with Crippen molar-refractivity contribution < 1.29 is 4.74 Å². The maximum atomic E-state index is 5.73. The third kappa shape index (κ3) is 4.52. The number of fused-ring (bicyclic) bond motifs is 1. The van der Waals surface area contributed by atoms with E-state index < -0.39 is 0 Å². The molecule has 0 bridgehead atoms. The molecule has 0 amide bonds. The van der Waals surface area contributed by atoms with Crippen molar-refractivity contribution in [2.75, 3.05) is 19.7 Å². The standard InChI is InChI=1S/C16H22N2O/c1-2-9-17-10-5-6-11-19-15-12-14-7-3-4-8-16(14)18-13-15/h3-4,7-8,12-13,17H,2,5-6,9-11H2,1H3. The zero-order valence-electron chi connectivity index (χ0n) is 11.6. The number of benzene rings is 1. The molecule has 0 saturated carbocycles. The summed E-state index contributed by atoms with van der Waals surface area (Å²) in [6, 6.07) is 10.1. The Morgan fingerprint density at radius 3 is 2.95 bits per heavy atom. The maximum Gasteiger partial charge on any atom is 0.138 e. The van der Waals surface area contributed by atoms with Crippen molar-refractivity contribution in [3.63, 3.8) is 0 Å². The zero-order chi connectivity index (χ0) is 13.3. The zero-order valence-corrected chi connectivity index (χ0v) is 11.6. The molecule has 2 aromatic rings. The van der Waals surface area contributed by atoms with Crippen molar-refractivity contribution >= 4 is 10.9 Å². The molecule has 0 aliphatic rings. The van der Waals surface area contributed by atoms with E-state index in [-0.39, 0.29) is 0 Å². The average molecular weight is 258 g/mol. The van der Waals surface area contributed by atoms with E-state index in [0.717, 1.165) is 49.2 Å². The van der Waals surface area contributed by atoms with Crippen LogP contribution in [0.15, 0.2) is 36.5 Å². The van der Waals surface area contributed by atoms with Crippen LogP contribution in [0, 0.1) is 0 Å². The SMILES string of the molecule is CCCNCCCCOc1cnc2ccccc2c1.